The normalized spacial score (nSPS) is 36.2. The van der Waals surface area contributed by atoms with Crippen LogP contribution >= 0.6 is 0 Å². The van der Waals surface area contributed by atoms with Gasteiger partial charge in [-0.1, -0.05) is 34.1 Å². The molecule has 0 bridgehead atoms. The molecule has 1 aliphatic rings. The second-order valence-corrected chi connectivity index (χ2v) is 5.29. The van der Waals surface area contributed by atoms with Gasteiger partial charge in [0.1, 0.15) is 0 Å². The molecule has 0 aromatic rings. The van der Waals surface area contributed by atoms with E-state index in [0.717, 1.165) is 23.7 Å². The van der Waals surface area contributed by atoms with Crippen LogP contribution in [0.2, 0.25) is 0 Å². The van der Waals surface area contributed by atoms with Crippen LogP contribution in [0.3, 0.4) is 0 Å². The molecule has 0 aromatic heterocycles. The molecule has 0 nitrogen and oxygen atoms in total. The first-order valence-corrected chi connectivity index (χ1v) is 5.59. The van der Waals surface area contributed by atoms with Crippen LogP contribution in [0.15, 0.2) is 0 Å². The predicted molar refractivity (Wildman–Crippen MR) is 55.1 cm³/mol. The third kappa shape index (κ3) is 2.80. The fraction of sp³-hybridized carbons (Fsp3) is 1.00. The van der Waals surface area contributed by atoms with Crippen LogP contribution in [-0.4, -0.2) is 0 Å². The molecular formula is C12H24. The third-order valence-corrected chi connectivity index (χ3v) is 3.40. The Morgan fingerprint density at radius 1 is 1.17 bits per heavy atom. The van der Waals surface area contributed by atoms with Gasteiger partial charge in [-0.05, 0) is 42.9 Å². The molecule has 0 heteroatoms. The quantitative estimate of drug-likeness (QED) is 0.595. The van der Waals surface area contributed by atoms with E-state index < -0.39 is 0 Å². The van der Waals surface area contributed by atoms with Gasteiger partial charge in [-0.3, -0.25) is 0 Å². The lowest BCUT2D eigenvalue weighted by molar-refractivity contribution is 0.356. The van der Waals surface area contributed by atoms with Crippen molar-refractivity contribution in [2.75, 3.05) is 0 Å². The highest BCUT2D eigenvalue weighted by Crippen LogP contribution is 2.38. The van der Waals surface area contributed by atoms with Gasteiger partial charge in [-0.25, -0.2) is 0 Å². The highest BCUT2D eigenvalue weighted by atomic mass is 14.3. The maximum atomic E-state index is 2.44. The standard InChI is InChI=1S/C12H24/c1-9(2)5-6-12-8-10(3)7-11(12)4/h9-12H,5-8H2,1-4H3. The lowest BCUT2D eigenvalue weighted by atomic mass is 9.90. The molecule has 0 radical (unpaired) electrons. The molecule has 0 amide bonds. The topological polar surface area (TPSA) is 0 Å². The van der Waals surface area contributed by atoms with Crippen LogP contribution in [0, 0.1) is 23.7 Å². The predicted octanol–water partition coefficient (Wildman–Crippen LogP) is 4.10. The molecule has 0 saturated heterocycles. The summed E-state index contributed by atoms with van der Waals surface area (Å²) in [6, 6.07) is 0. The van der Waals surface area contributed by atoms with Crippen LogP contribution in [0.25, 0.3) is 0 Å². The van der Waals surface area contributed by atoms with Crippen molar-refractivity contribution in [3.05, 3.63) is 0 Å². The van der Waals surface area contributed by atoms with Crippen LogP contribution in [0.4, 0.5) is 0 Å². The first kappa shape index (κ1) is 10.1. The van der Waals surface area contributed by atoms with E-state index in [-0.39, 0.29) is 0 Å². The Balaban J connectivity index is 2.23. The van der Waals surface area contributed by atoms with Gasteiger partial charge in [-0.2, -0.15) is 0 Å². The molecule has 72 valence electrons. The minimum atomic E-state index is 0.896. The minimum Gasteiger partial charge on any atom is -0.0628 e. The van der Waals surface area contributed by atoms with Crippen molar-refractivity contribution in [3.8, 4) is 0 Å². The molecule has 0 spiro atoms. The Morgan fingerprint density at radius 2 is 1.83 bits per heavy atom. The zero-order chi connectivity index (χ0) is 9.14. The highest BCUT2D eigenvalue weighted by Gasteiger charge is 2.27. The second-order valence-electron chi connectivity index (χ2n) is 5.29. The number of rotatable bonds is 3. The van der Waals surface area contributed by atoms with Gasteiger partial charge in [0.2, 0.25) is 0 Å². The van der Waals surface area contributed by atoms with Gasteiger partial charge >= 0.3 is 0 Å². The molecule has 1 saturated carbocycles. The van der Waals surface area contributed by atoms with E-state index in [9.17, 15) is 0 Å². The summed E-state index contributed by atoms with van der Waals surface area (Å²) in [7, 11) is 0. The highest BCUT2D eigenvalue weighted by molar-refractivity contribution is 4.78. The van der Waals surface area contributed by atoms with Gasteiger partial charge in [0, 0.05) is 0 Å². The van der Waals surface area contributed by atoms with Crippen LogP contribution in [-0.2, 0) is 0 Å². The molecule has 0 aromatic carbocycles. The molecule has 3 unspecified atom stereocenters. The SMILES string of the molecule is CC(C)CCC1CC(C)CC1C. The minimum absolute atomic E-state index is 0.896. The van der Waals surface area contributed by atoms with Gasteiger partial charge in [0.05, 0.1) is 0 Å². The van der Waals surface area contributed by atoms with Gasteiger partial charge < -0.3 is 0 Å². The van der Waals surface area contributed by atoms with Gasteiger partial charge in [-0.15, -0.1) is 0 Å². The van der Waals surface area contributed by atoms with Crippen molar-refractivity contribution in [1.82, 2.24) is 0 Å². The zero-order valence-corrected chi connectivity index (χ0v) is 9.14. The van der Waals surface area contributed by atoms with Gasteiger partial charge in [0.25, 0.3) is 0 Å². The van der Waals surface area contributed by atoms with E-state index in [1.807, 2.05) is 0 Å². The van der Waals surface area contributed by atoms with E-state index in [1.165, 1.54) is 25.7 Å². The van der Waals surface area contributed by atoms with Crippen LogP contribution < -0.4 is 0 Å². The Morgan fingerprint density at radius 3 is 2.25 bits per heavy atom. The molecule has 1 fully saturated rings. The lowest BCUT2D eigenvalue weighted by Gasteiger charge is -2.15. The van der Waals surface area contributed by atoms with E-state index >= 15 is 0 Å². The molecular weight excluding hydrogens is 144 g/mol. The first-order chi connectivity index (χ1) is 5.59. The summed E-state index contributed by atoms with van der Waals surface area (Å²) < 4.78 is 0. The summed E-state index contributed by atoms with van der Waals surface area (Å²) in [4.78, 5) is 0. The first-order valence-electron chi connectivity index (χ1n) is 5.59. The monoisotopic (exact) mass is 168 g/mol. The summed E-state index contributed by atoms with van der Waals surface area (Å²) in [5.74, 6) is 3.94. The summed E-state index contributed by atoms with van der Waals surface area (Å²) in [5, 5.41) is 0. The third-order valence-electron chi connectivity index (χ3n) is 3.40. The molecule has 0 aliphatic heterocycles. The van der Waals surface area contributed by atoms with Crippen molar-refractivity contribution in [3.63, 3.8) is 0 Å². The Bertz CT molecular complexity index is 126. The van der Waals surface area contributed by atoms with Gasteiger partial charge in [0.15, 0.2) is 0 Å². The molecule has 12 heavy (non-hydrogen) atoms. The smallest absolute Gasteiger partial charge is 0.0386 e. The Hall–Kier alpha value is 0. The Labute approximate surface area is 77.7 Å². The fourth-order valence-corrected chi connectivity index (χ4v) is 2.62. The summed E-state index contributed by atoms with van der Waals surface area (Å²) in [6.07, 6.45) is 5.88. The van der Waals surface area contributed by atoms with Crippen molar-refractivity contribution >= 4 is 0 Å². The van der Waals surface area contributed by atoms with E-state index in [0.29, 0.717) is 0 Å². The van der Waals surface area contributed by atoms with E-state index in [1.54, 1.807) is 0 Å². The number of hydrogen-bond acceptors (Lipinski definition) is 0. The Kier molecular flexibility index (Phi) is 3.61. The molecule has 0 N–H and O–H groups in total. The molecule has 0 heterocycles. The molecule has 1 aliphatic carbocycles. The van der Waals surface area contributed by atoms with E-state index in [2.05, 4.69) is 27.7 Å². The van der Waals surface area contributed by atoms with Crippen LogP contribution in [0.5, 0.6) is 0 Å². The van der Waals surface area contributed by atoms with Crippen molar-refractivity contribution in [1.29, 1.82) is 0 Å². The molecule has 3 atom stereocenters. The number of hydrogen-bond donors (Lipinski definition) is 0. The van der Waals surface area contributed by atoms with E-state index in [4.69, 9.17) is 0 Å². The lowest BCUT2D eigenvalue weighted by Crippen LogP contribution is -2.05. The largest absolute Gasteiger partial charge is 0.0628 e. The summed E-state index contributed by atoms with van der Waals surface area (Å²) in [5.41, 5.74) is 0. The summed E-state index contributed by atoms with van der Waals surface area (Å²) in [6.45, 7) is 9.52. The van der Waals surface area contributed by atoms with Crippen LogP contribution in [0.1, 0.15) is 53.4 Å². The summed E-state index contributed by atoms with van der Waals surface area (Å²) >= 11 is 0. The average molecular weight is 168 g/mol. The molecule has 1 rings (SSSR count). The van der Waals surface area contributed by atoms with Crippen molar-refractivity contribution < 1.29 is 0 Å². The maximum Gasteiger partial charge on any atom is -0.0386 e. The second kappa shape index (κ2) is 4.30. The van der Waals surface area contributed by atoms with Crippen molar-refractivity contribution in [2.24, 2.45) is 23.7 Å². The van der Waals surface area contributed by atoms with Crippen molar-refractivity contribution in [2.45, 2.75) is 53.4 Å². The average Bonchev–Trinajstić information content (AvgIpc) is 2.26. The maximum absolute atomic E-state index is 2.44. The fourth-order valence-electron chi connectivity index (χ4n) is 2.62. The zero-order valence-electron chi connectivity index (χ0n) is 9.14.